The molecule has 6 atom stereocenters. The Balaban J connectivity index is 1.62. The molecule has 1 aromatic heterocycles. The van der Waals surface area contributed by atoms with Crippen molar-refractivity contribution < 1.29 is 49.1 Å². The SMILES string of the molecule is C=CCOc1ccc2c(c1)[C@H]1[C@H](CCCCO)[C@@H](CCCCO)C=C3C(=NOCc4ccccc4)C[C@H](n4nnc(C(=O)O)c4C(=O)O)[C@@](OCC=C)(O2)[C@H]31. The molecule has 0 saturated heterocycles. The van der Waals surface area contributed by atoms with E-state index in [9.17, 15) is 30.0 Å². The lowest BCUT2D eigenvalue weighted by molar-refractivity contribution is -0.252. The van der Waals surface area contributed by atoms with Crippen LogP contribution in [-0.4, -0.2) is 85.3 Å². The summed E-state index contributed by atoms with van der Waals surface area (Å²) in [5, 5.41) is 52.7. The molecule has 14 heteroatoms. The number of aliphatic hydroxyl groups is 2. The van der Waals surface area contributed by atoms with Gasteiger partial charge in [0.05, 0.1) is 18.2 Å². The molecule has 1 fully saturated rings. The van der Waals surface area contributed by atoms with E-state index in [0.29, 0.717) is 30.1 Å². The molecule has 1 saturated carbocycles. The van der Waals surface area contributed by atoms with E-state index in [4.69, 9.17) is 24.2 Å². The zero-order chi connectivity index (χ0) is 39.0. The zero-order valence-corrected chi connectivity index (χ0v) is 30.7. The van der Waals surface area contributed by atoms with E-state index >= 15 is 0 Å². The number of ether oxygens (including phenoxy) is 3. The minimum atomic E-state index is -1.67. The van der Waals surface area contributed by atoms with Gasteiger partial charge in [0.1, 0.15) is 30.8 Å². The summed E-state index contributed by atoms with van der Waals surface area (Å²) in [7, 11) is 0. The summed E-state index contributed by atoms with van der Waals surface area (Å²) in [6.07, 6.45) is 9.61. The first-order valence-electron chi connectivity index (χ1n) is 18.7. The van der Waals surface area contributed by atoms with E-state index in [1.807, 2.05) is 36.4 Å². The number of hydrogen-bond acceptors (Lipinski definition) is 11. The molecular weight excluding hydrogens is 708 g/mol. The maximum Gasteiger partial charge on any atom is 0.359 e. The van der Waals surface area contributed by atoms with Gasteiger partial charge in [0.2, 0.25) is 11.5 Å². The first-order chi connectivity index (χ1) is 26.8. The molecule has 6 rings (SSSR count). The van der Waals surface area contributed by atoms with Crippen LogP contribution < -0.4 is 9.47 Å². The molecule has 0 amide bonds. The Labute approximate surface area is 319 Å². The van der Waals surface area contributed by atoms with Gasteiger partial charge in [-0.3, -0.25) is 0 Å². The molecule has 292 valence electrons. The van der Waals surface area contributed by atoms with Crippen LogP contribution >= 0.6 is 0 Å². The standard InChI is InChI=1S/C41H48N4O10/c1-3-20-52-28-16-17-33-31(23-28)35-29(15-9-11-19-47)27(14-8-10-18-46)22-30-32(43-54-25-26-12-6-5-7-13-26)24-34(41(55-33,36(30)35)53-21-4-2)45-38(40(50)51)37(39(48)49)42-44-45/h3-7,12-13,16-17,22-23,27,29,34-36,46-47H,1-2,8-11,14-15,18-21,24-25H2,(H,48,49)(H,50,51)/t27-,29+,34-,35+,36+,41+/m0/s1. The van der Waals surface area contributed by atoms with Gasteiger partial charge in [-0.1, -0.05) is 78.3 Å². The van der Waals surface area contributed by atoms with Gasteiger partial charge in [-0.05, 0) is 66.9 Å². The quantitative estimate of drug-likeness (QED) is 0.0603. The Morgan fingerprint density at radius 2 is 1.73 bits per heavy atom. The number of carboxylic acids is 2. The number of hydrogen-bond donors (Lipinski definition) is 4. The average molecular weight is 757 g/mol. The summed E-state index contributed by atoms with van der Waals surface area (Å²) in [5.74, 6) is -4.70. The molecule has 2 aliphatic carbocycles. The molecule has 55 heavy (non-hydrogen) atoms. The molecule has 4 N–H and O–H groups in total. The van der Waals surface area contributed by atoms with Crippen molar-refractivity contribution in [2.75, 3.05) is 26.4 Å². The Hall–Kier alpha value is -5.31. The van der Waals surface area contributed by atoms with Crippen LogP contribution in [0.3, 0.4) is 0 Å². The second kappa shape index (κ2) is 17.9. The largest absolute Gasteiger partial charge is 0.490 e. The topological polar surface area (TPSA) is 195 Å². The predicted molar refractivity (Wildman–Crippen MR) is 201 cm³/mol. The van der Waals surface area contributed by atoms with E-state index < -0.39 is 41.1 Å². The highest BCUT2D eigenvalue weighted by atomic mass is 16.7. The number of allylic oxidation sites excluding steroid dienone is 1. The van der Waals surface area contributed by atoms with Crippen molar-refractivity contribution >= 4 is 17.7 Å². The molecule has 0 bridgehead atoms. The van der Waals surface area contributed by atoms with Crippen LogP contribution in [0.2, 0.25) is 0 Å². The van der Waals surface area contributed by atoms with Gasteiger partial charge >= 0.3 is 11.9 Å². The minimum Gasteiger partial charge on any atom is -0.490 e. The van der Waals surface area contributed by atoms with Crippen molar-refractivity contribution in [1.29, 1.82) is 0 Å². The van der Waals surface area contributed by atoms with Gasteiger partial charge in [0.15, 0.2) is 5.69 Å². The number of fused-ring (bicyclic) bond motifs is 2. The third kappa shape index (κ3) is 8.07. The predicted octanol–water partition coefficient (Wildman–Crippen LogP) is 5.95. The number of unbranched alkanes of at least 4 members (excludes halogenated alkanes) is 2. The van der Waals surface area contributed by atoms with Crippen molar-refractivity contribution in [1.82, 2.24) is 15.0 Å². The first kappa shape index (κ1) is 39.4. The molecule has 0 unspecified atom stereocenters. The second-order valence-electron chi connectivity index (χ2n) is 14.0. The van der Waals surface area contributed by atoms with Crippen LogP contribution in [0.25, 0.3) is 0 Å². The van der Waals surface area contributed by atoms with Crippen molar-refractivity contribution in [3.8, 4) is 11.5 Å². The van der Waals surface area contributed by atoms with Crippen LogP contribution in [0, 0.1) is 17.8 Å². The van der Waals surface area contributed by atoms with Crippen LogP contribution in [0.4, 0.5) is 0 Å². The summed E-state index contributed by atoms with van der Waals surface area (Å²) in [5.41, 5.74) is 1.69. The van der Waals surface area contributed by atoms with Crippen molar-refractivity contribution in [3.63, 3.8) is 0 Å². The number of aromatic carboxylic acids is 2. The number of oxime groups is 1. The van der Waals surface area contributed by atoms with Gasteiger partial charge < -0.3 is 39.5 Å². The fourth-order valence-electron chi connectivity index (χ4n) is 8.44. The lowest BCUT2D eigenvalue weighted by Gasteiger charge is -2.58. The fourth-order valence-corrected chi connectivity index (χ4v) is 8.44. The summed E-state index contributed by atoms with van der Waals surface area (Å²) < 4.78 is 20.9. The zero-order valence-electron chi connectivity index (χ0n) is 30.7. The van der Waals surface area contributed by atoms with Crippen LogP contribution in [0.5, 0.6) is 11.5 Å². The highest BCUT2D eigenvalue weighted by molar-refractivity contribution is 6.03. The summed E-state index contributed by atoms with van der Waals surface area (Å²) in [6, 6.07) is 14.0. The van der Waals surface area contributed by atoms with Crippen molar-refractivity contribution in [3.05, 3.63) is 108 Å². The smallest absolute Gasteiger partial charge is 0.359 e. The summed E-state index contributed by atoms with van der Waals surface area (Å²) >= 11 is 0. The number of benzene rings is 2. The molecule has 2 heterocycles. The van der Waals surface area contributed by atoms with Crippen LogP contribution in [0.15, 0.2) is 90.6 Å². The van der Waals surface area contributed by atoms with Crippen molar-refractivity contribution in [2.24, 2.45) is 22.9 Å². The third-order valence-corrected chi connectivity index (χ3v) is 10.7. The molecular formula is C41H48N4O10. The van der Waals surface area contributed by atoms with Crippen LogP contribution in [0.1, 0.15) is 89.0 Å². The maximum absolute atomic E-state index is 12.8. The lowest BCUT2D eigenvalue weighted by Crippen LogP contribution is -2.63. The van der Waals surface area contributed by atoms with Crippen LogP contribution in [-0.2, 0) is 16.2 Å². The molecule has 3 aromatic rings. The lowest BCUT2D eigenvalue weighted by atomic mass is 9.55. The fraction of sp³-hybridized carbons (Fsp3) is 0.439. The Kier molecular flexibility index (Phi) is 12.8. The number of rotatable bonds is 20. The number of carboxylic acid groups (broad SMARTS) is 2. The van der Waals surface area contributed by atoms with Gasteiger partial charge in [-0.25, -0.2) is 14.3 Å². The Bertz CT molecular complexity index is 1910. The minimum absolute atomic E-state index is 0.00210. The van der Waals surface area contributed by atoms with E-state index in [1.165, 1.54) is 0 Å². The summed E-state index contributed by atoms with van der Waals surface area (Å²) in [4.78, 5) is 31.1. The molecule has 14 nitrogen and oxygen atoms in total. The number of carbonyl (C=O) groups is 2. The maximum atomic E-state index is 12.8. The second-order valence-corrected chi connectivity index (χ2v) is 14.0. The number of nitrogens with zero attached hydrogens (tertiary/aromatic N) is 4. The van der Waals surface area contributed by atoms with E-state index in [2.05, 4.69) is 29.5 Å². The molecule has 2 aromatic carbocycles. The van der Waals surface area contributed by atoms with Crippen molar-refractivity contribution in [2.45, 2.75) is 69.3 Å². The monoisotopic (exact) mass is 756 g/mol. The van der Waals surface area contributed by atoms with Gasteiger partial charge in [0, 0.05) is 31.1 Å². The molecule has 3 aliphatic rings. The van der Waals surface area contributed by atoms with E-state index in [1.54, 1.807) is 24.3 Å². The molecule has 0 radical (unpaired) electrons. The molecule has 1 aliphatic heterocycles. The van der Waals surface area contributed by atoms with Gasteiger partial charge in [0.25, 0.3) is 0 Å². The first-order valence-corrected chi connectivity index (χ1v) is 18.7. The molecule has 0 spiro atoms. The van der Waals surface area contributed by atoms with E-state index in [0.717, 1.165) is 47.1 Å². The highest BCUT2D eigenvalue weighted by Gasteiger charge is 2.65. The Morgan fingerprint density at radius 3 is 2.42 bits per heavy atom. The average Bonchev–Trinajstić information content (AvgIpc) is 3.64. The Morgan fingerprint density at radius 1 is 0.982 bits per heavy atom. The van der Waals surface area contributed by atoms with Gasteiger partial charge in [-0.2, -0.15) is 0 Å². The number of aromatic nitrogens is 3. The van der Waals surface area contributed by atoms with E-state index in [-0.39, 0.29) is 57.2 Å². The third-order valence-electron chi connectivity index (χ3n) is 10.7. The number of aliphatic hydroxyl groups excluding tert-OH is 2. The summed E-state index contributed by atoms with van der Waals surface area (Å²) in [6.45, 7) is 8.23. The van der Waals surface area contributed by atoms with Gasteiger partial charge in [-0.15, -0.1) is 11.7 Å². The highest BCUT2D eigenvalue weighted by Crippen LogP contribution is 2.63. The normalized spacial score (nSPS) is 24.5.